The molecule has 0 aromatic carbocycles. The van der Waals surface area contributed by atoms with E-state index in [-0.39, 0.29) is 24.7 Å². The fourth-order valence-corrected chi connectivity index (χ4v) is 2.07. The average Bonchev–Trinajstić information content (AvgIpc) is 2.82. The number of hydrogen-bond acceptors (Lipinski definition) is 6. The first-order valence-corrected chi connectivity index (χ1v) is 6.41. The summed E-state index contributed by atoms with van der Waals surface area (Å²) in [4.78, 5) is 18.0. The molecule has 2 unspecified atom stereocenters. The van der Waals surface area contributed by atoms with Crippen LogP contribution in [0.15, 0.2) is 4.52 Å². The second-order valence-corrected chi connectivity index (χ2v) is 4.77. The van der Waals surface area contributed by atoms with Crippen molar-refractivity contribution in [2.24, 2.45) is 0 Å². The molecule has 1 aromatic heterocycles. The number of aromatic nitrogens is 2. The summed E-state index contributed by atoms with van der Waals surface area (Å²) in [5, 5.41) is 12.8. The Kier molecular flexibility index (Phi) is 4.49. The summed E-state index contributed by atoms with van der Waals surface area (Å²) >= 11 is 0. The van der Waals surface area contributed by atoms with Gasteiger partial charge in [0.1, 0.15) is 0 Å². The van der Waals surface area contributed by atoms with Gasteiger partial charge in [-0.2, -0.15) is 4.98 Å². The van der Waals surface area contributed by atoms with Crippen molar-refractivity contribution in [3.8, 4) is 0 Å². The molecule has 2 rings (SSSR count). The van der Waals surface area contributed by atoms with Crippen molar-refractivity contribution in [2.45, 2.75) is 38.8 Å². The van der Waals surface area contributed by atoms with E-state index in [4.69, 9.17) is 14.4 Å². The van der Waals surface area contributed by atoms with Crippen LogP contribution in [0.3, 0.4) is 0 Å². The first kappa shape index (κ1) is 14.0. The van der Waals surface area contributed by atoms with E-state index < -0.39 is 0 Å². The van der Waals surface area contributed by atoms with Crippen LogP contribution in [0, 0.1) is 6.92 Å². The molecule has 0 saturated carbocycles. The Morgan fingerprint density at radius 1 is 1.58 bits per heavy atom. The Balaban J connectivity index is 1.87. The Bertz CT molecular complexity index is 434. The SMILES string of the molecule is Cc1noc(CCC(=O)N2CC(CO)OCC2C)n1. The molecule has 0 aliphatic carbocycles. The van der Waals surface area contributed by atoms with Crippen molar-refractivity contribution >= 4 is 5.91 Å². The van der Waals surface area contributed by atoms with Gasteiger partial charge in [-0.05, 0) is 13.8 Å². The first-order valence-electron chi connectivity index (χ1n) is 6.41. The number of carbonyl (C=O) groups excluding carboxylic acids is 1. The number of amides is 1. The molecule has 2 atom stereocenters. The highest BCUT2D eigenvalue weighted by Gasteiger charge is 2.29. The maximum atomic E-state index is 12.1. The molecular weight excluding hydrogens is 250 g/mol. The number of morpholine rings is 1. The van der Waals surface area contributed by atoms with Crippen LogP contribution >= 0.6 is 0 Å². The van der Waals surface area contributed by atoms with Gasteiger partial charge in [0, 0.05) is 19.4 Å². The van der Waals surface area contributed by atoms with Gasteiger partial charge in [-0.1, -0.05) is 5.16 Å². The number of rotatable bonds is 4. The standard InChI is InChI=1S/C12H19N3O4/c1-8-7-18-10(6-16)5-15(8)12(17)4-3-11-13-9(2)14-19-11/h8,10,16H,3-7H2,1-2H3. The maximum absolute atomic E-state index is 12.1. The van der Waals surface area contributed by atoms with Gasteiger partial charge in [0.2, 0.25) is 11.8 Å². The topological polar surface area (TPSA) is 88.7 Å². The molecule has 2 heterocycles. The lowest BCUT2D eigenvalue weighted by molar-refractivity contribution is -0.146. The monoisotopic (exact) mass is 269 g/mol. The highest BCUT2D eigenvalue weighted by atomic mass is 16.5. The average molecular weight is 269 g/mol. The van der Waals surface area contributed by atoms with Crippen LogP contribution in [-0.4, -0.2) is 58.0 Å². The first-order chi connectivity index (χ1) is 9.10. The number of carbonyl (C=O) groups is 1. The van der Waals surface area contributed by atoms with Gasteiger partial charge in [-0.3, -0.25) is 4.79 Å². The number of ether oxygens (including phenoxy) is 1. The molecule has 0 bridgehead atoms. The third kappa shape index (κ3) is 3.51. The van der Waals surface area contributed by atoms with Gasteiger partial charge in [-0.25, -0.2) is 0 Å². The molecule has 106 valence electrons. The zero-order valence-corrected chi connectivity index (χ0v) is 11.2. The predicted octanol–water partition coefficient (Wildman–Crippen LogP) is -0.0812. The van der Waals surface area contributed by atoms with Crippen molar-refractivity contribution in [3.05, 3.63) is 11.7 Å². The second kappa shape index (κ2) is 6.12. The van der Waals surface area contributed by atoms with Crippen LogP contribution in [0.1, 0.15) is 25.1 Å². The van der Waals surface area contributed by atoms with Gasteiger partial charge in [-0.15, -0.1) is 0 Å². The van der Waals surface area contributed by atoms with Crippen molar-refractivity contribution in [2.75, 3.05) is 19.8 Å². The van der Waals surface area contributed by atoms with Gasteiger partial charge in [0.05, 0.1) is 25.4 Å². The van der Waals surface area contributed by atoms with Gasteiger partial charge in [0.15, 0.2) is 5.82 Å². The number of aliphatic hydroxyl groups excluding tert-OH is 1. The van der Waals surface area contributed by atoms with E-state index in [1.165, 1.54) is 0 Å². The van der Waals surface area contributed by atoms with Crippen molar-refractivity contribution in [3.63, 3.8) is 0 Å². The molecule has 1 amide bonds. The molecule has 1 aliphatic rings. The molecule has 0 radical (unpaired) electrons. The number of hydrogen-bond donors (Lipinski definition) is 1. The summed E-state index contributed by atoms with van der Waals surface area (Å²) in [7, 11) is 0. The predicted molar refractivity (Wildman–Crippen MR) is 65.4 cm³/mol. The summed E-state index contributed by atoms with van der Waals surface area (Å²) in [6, 6.07) is 0.0275. The van der Waals surface area contributed by atoms with Crippen LogP contribution in [-0.2, 0) is 16.0 Å². The minimum absolute atomic E-state index is 0.0186. The van der Waals surface area contributed by atoms with Crippen LogP contribution < -0.4 is 0 Å². The lowest BCUT2D eigenvalue weighted by atomic mass is 10.1. The Morgan fingerprint density at radius 2 is 2.37 bits per heavy atom. The molecule has 1 aliphatic heterocycles. The van der Waals surface area contributed by atoms with Crippen LogP contribution in [0.4, 0.5) is 0 Å². The summed E-state index contributed by atoms with van der Waals surface area (Å²) in [6.07, 6.45) is 0.475. The second-order valence-electron chi connectivity index (χ2n) is 4.77. The smallest absolute Gasteiger partial charge is 0.227 e. The third-order valence-corrected chi connectivity index (χ3v) is 3.15. The van der Waals surface area contributed by atoms with E-state index >= 15 is 0 Å². The number of aliphatic hydroxyl groups is 1. The lowest BCUT2D eigenvalue weighted by Crippen LogP contribution is -2.52. The van der Waals surface area contributed by atoms with E-state index in [0.29, 0.717) is 37.7 Å². The highest BCUT2D eigenvalue weighted by molar-refractivity contribution is 5.76. The molecule has 7 nitrogen and oxygen atoms in total. The third-order valence-electron chi connectivity index (χ3n) is 3.15. The molecule has 1 N–H and O–H groups in total. The lowest BCUT2D eigenvalue weighted by Gasteiger charge is -2.37. The minimum atomic E-state index is -0.286. The van der Waals surface area contributed by atoms with Crippen LogP contribution in [0.2, 0.25) is 0 Å². The van der Waals surface area contributed by atoms with Crippen molar-refractivity contribution in [1.82, 2.24) is 15.0 Å². The van der Waals surface area contributed by atoms with Crippen molar-refractivity contribution < 1.29 is 19.2 Å². The van der Waals surface area contributed by atoms with E-state index in [1.807, 2.05) is 6.92 Å². The zero-order chi connectivity index (χ0) is 13.8. The largest absolute Gasteiger partial charge is 0.394 e. The van der Waals surface area contributed by atoms with E-state index in [0.717, 1.165) is 0 Å². The van der Waals surface area contributed by atoms with Gasteiger partial charge in [0.25, 0.3) is 0 Å². The maximum Gasteiger partial charge on any atom is 0.227 e. The highest BCUT2D eigenvalue weighted by Crippen LogP contribution is 2.14. The van der Waals surface area contributed by atoms with Crippen LogP contribution in [0.5, 0.6) is 0 Å². The summed E-state index contributed by atoms with van der Waals surface area (Å²) < 4.78 is 10.4. The normalized spacial score (nSPS) is 23.6. The molecule has 1 fully saturated rings. The number of nitrogens with zero attached hydrogens (tertiary/aromatic N) is 3. The fourth-order valence-electron chi connectivity index (χ4n) is 2.07. The van der Waals surface area contributed by atoms with Crippen molar-refractivity contribution in [1.29, 1.82) is 0 Å². The molecule has 19 heavy (non-hydrogen) atoms. The minimum Gasteiger partial charge on any atom is -0.394 e. The molecule has 1 aromatic rings. The Morgan fingerprint density at radius 3 is 3.00 bits per heavy atom. The van der Waals surface area contributed by atoms with E-state index in [9.17, 15) is 4.79 Å². The van der Waals surface area contributed by atoms with Crippen LogP contribution in [0.25, 0.3) is 0 Å². The Hall–Kier alpha value is -1.47. The summed E-state index contributed by atoms with van der Waals surface area (Å²) in [5.41, 5.74) is 0. The van der Waals surface area contributed by atoms with E-state index in [1.54, 1.807) is 11.8 Å². The molecule has 1 saturated heterocycles. The number of aryl methyl sites for hydroxylation is 2. The summed E-state index contributed by atoms with van der Waals surface area (Å²) in [6.45, 7) is 4.49. The fraction of sp³-hybridized carbons (Fsp3) is 0.750. The van der Waals surface area contributed by atoms with E-state index in [2.05, 4.69) is 10.1 Å². The molecule has 7 heteroatoms. The molecular formula is C12H19N3O4. The quantitative estimate of drug-likeness (QED) is 0.822. The Labute approximate surface area is 111 Å². The van der Waals surface area contributed by atoms with Gasteiger partial charge < -0.3 is 19.3 Å². The molecule has 0 spiro atoms. The summed E-state index contributed by atoms with van der Waals surface area (Å²) in [5.74, 6) is 1.07. The zero-order valence-electron chi connectivity index (χ0n) is 11.2. The van der Waals surface area contributed by atoms with Gasteiger partial charge >= 0.3 is 0 Å².